The number of aromatic carboxylic acids is 1. The van der Waals surface area contributed by atoms with Gasteiger partial charge < -0.3 is 10.8 Å². The Morgan fingerprint density at radius 1 is 1.43 bits per heavy atom. The molecule has 0 aliphatic heterocycles. The average molecular weight is 234 g/mol. The number of hydrogen-bond acceptors (Lipinski definition) is 3. The Balaban J connectivity index is 0.00000169. The summed E-state index contributed by atoms with van der Waals surface area (Å²) in [5.74, 6) is -0.148. The van der Waals surface area contributed by atoms with Crippen molar-refractivity contribution in [2.24, 2.45) is 5.73 Å². The molecule has 0 aliphatic rings. The number of thioether (sulfide) groups is 1. The summed E-state index contributed by atoms with van der Waals surface area (Å²) in [5.41, 5.74) is 5.68. The molecule has 14 heavy (non-hydrogen) atoms. The summed E-state index contributed by atoms with van der Waals surface area (Å²) in [6.07, 6.45) is 0. The molecule has 0 bridgehead atoms. The number of halogens is 1. The Hall–Kier alpha value is -0.710. The molecule has 0 amide bonds. The number of nitrogens with two attached hydrogens (primary N) is 1. The van der Waals surface area contributed by atoms with Crippen molar-refractivity contribution in [2.75, 3.05) is 12.3 Å². The van der Waals surface area contributed by atoms with Crippen LogP contribution >= 0.6 is 24.2 Å². The first kappa shape index (κ1) is 13.3. The summed E-state index contributed by atoms with van der Waals surface area (Å²) in [6.45, 7) is 0.554. The zero-order valence-electron chi connectivity index (χ0n) is 7.47. The van der Waals surface area contributed by atoms with Crippen molar-refractivity contribution >= 4 is 30.1 Å². The quantitative estimate of drug-likeness (QED) is 0.780. The second kappa shape index (κ2) is 6.70. The second-order valence-corrected chi connectivity index (χ2v) is 3.58. The standard InChI is InChI=1S/C9H11NO2S.ClH/c10-5-6-13-8-4-2-1-3-7(8)9(11)12;/h1-4H,5-6,10H2,(H,11,12);1H. The molecule has 0 atom stereocenters. The Morgan fingerprint density at radius 3 is 2.64 bits per heavy atom. The summed E-state index contributed by atoms with van der Waals surface area (Å²) in [5, 5.41) is 8.82. The van der Waals surface area contributed by atoms with E-state index in [0.29, 0.717) is 12.1 Å². The molecular weight excluding hydrogens is 222 g/mol. The fourth-order valence-corrected chi connectivity index (χ4v) is 1.76. The van der Waals surface area contributed by atoms with Gasteiger partial charge in [0.2, 0.25) is 0 Å². The average Bonchev–Trinajstić information content (AvgIpc) is 2.15. The van der Waals surface area contributed by atoms with Crippen molar-refractivity contribution in [3.05, 3.63) is 29.8 Å². The van der Waals surface area contributed by atoms with Crippen LogP contribution < -0.4 is 5.73 Å². The van der Waals surface area contributed by atoms with Crippen molar-refractivity contribution in [3.8, 4) is 0 Å². The number of benzene rings is 1. The third kappa shape index (κ3) is 3.57. The predicted molar refractivity (Wildman–Crippen MR) is 60.4 cm³/mol. The summed E-state index contributed by atoms with van der Waals surface area (Å²) < 4.78 is 0. The normalized spacial score (nSPS) is 9.21. The van der Waals surface area contributed by atoms with Gasteiger partial charge in [-0.2, -0.15) is 0 Å². The second-order valence-electron chi connectivity index (χ2n) is 2.44. The third-order valence-electron chi connectivity index (χ3n) is 1.49. The zero-order chi connectivity index (χ0) is 9.68. The topological polar surface area (TPSA) is 63.3 Å². The lowest BCUT2D eigenvalue weighted by Gasteiger charge is -2.03. The highest BCUT2D eigenvalue weighted by Crippen LogP contribution is 2.21. The molecule has 0 fully saturated rings. The summed E-state index contributed by atoms with van der Waals surface area (Å²) in [6, 6.07) is 6.94. The molecule has 0 aromatic heterocycles. The van der Waals surface area contributed by atoms with Crippen LogP contribution in [0.4, 0.5) is 0 Å². The lowest BCUT2D eigenvalue weighted by Crippen LogP contribution is -2.03. The van der Waals surface area contributed by atoms with E-state index < -0.39 is 5.97 Å². The molecule has 1 rings (SSSR count). The molecule has 0 radical (unpaired) electrons. The lowest BCUT2D eigenvalue weighted by molar-refractivity contribution is 0.0693. The molecule has 0 spiro atoms. The Morgan fingerprint density at radius 2 is 2.07 bits per heavy atom. The van der Waals surface area contributed by atoms with E-state index in [0.717, 1.165) is 10.6 Å². The first-order valence-corrected chi connectivity index (χ1v) is 4.89. The Kier molecular flexibility index (Phi) is 6.36. The highest BCUT2D eigenvalue weighted by molar-refractivity contribution is 7.99. The summed E-state index contributed by atoms with van der Waals surface area (Å²) in [4.78, 5) is 11.5. The summed E-state index contributed by atoms with van der Waals surface area (Å²) in [7, 11) is 0. The van der Waals surface area contributed by atoms with Gasteiger partial charge in [-0.15, -0.1) is 24.2 Å². The van der Waals surface area contributed by atoms with Crippen molar-refractivity contribution < 1.29 is 9.90 Å². The Bertz CT molecular complexity index is 307. The van der Waals surface area contributed by atoms with Gasteiger partial charge in [0.05, 0.1) is 5.56 Å². The van der Waals surface area contributed by atoms with Crippen LogP contribution in [-0.4, -0.2) is 23.4 Å². The minimum Gasteiger partial charge on any atom is -0.478 e. The van der Waals surface area contributed by atoms with Crippen LogP contribution in [0.25, 0.3) is 0 Å². The monoisotopic (exact) mass is 233 g/mol. The van der Waals surface area contributed by atoms with Crippen molar-refractivity contribution in [1.29, 1.82) is 0 Å². The highest BCUT2D eigenvalue weighted by atomic mass is 35.5. The van der Waals surface area contributed by atoms with Crippen molar-refractivity contribution in [1.82, 2.24) is 0 Å². The molecule has 0 saturated carbocycles. The van der Waals surface area contributed by atoms with Gasteiger partial charge in [0.15, 0.2) is 0 Å². The Labute approximate surface area is 93.1 Å². The van der Waals surface area contributed by atoms with Gasteiger partial charge in [0.1, 0.15) is 0 Å². The molecule has 0 heterocycles. The molecule has 0 aliphatic carbocycles. The van der Waals surface area contributed by atoms with E-state index >= 15 is 0 Å². The minimum atomic E-state index is -0.889. The number of hydrogen-bond donors (Lipinski definition) is 2. The van der Waals surface area contributed by atoms with Crippen molar-refractivity contribution in [3.63, 3.8) is 0 Å². The molecule has 0 unspecified atom stereocenters. The molecule has 78 valence electrons. The van der Waals surface area contributed by atoms with E-state index in [9.17, 15) is 4.79 Å². The van der Waals surface area contributed by atoms with E-state index in [-0.39, 0.29) is 12.4 Å². The van der Waals surface area contributed by atoms with Gasteiger partial charge in [-0.05, 0) is 12.1 Å². The fraction of sp³-hybridized carbons (Fsp3) is 0.222. The van der Waals surface area contributed by atoms with Gasteiger partial charge in [-0.1, -0.05) is 12.1 Å². The molecule has 1 aromatic carbocycles. The molecular formula is C9H12ClNO2S. The minimum absolute atomic E-state index is 0. The van der Waals surface area contributed by atoms with Crippen LogP contribution in [0, 0.1) is 0 Å². The van der Waals surface area contributed by atoms with Crippen LogP contribution in [0.3, 0.4) is 0 Å². The number of carboxylic acid groups (broad SMARTS) is 1. The first-order valence-electron chi connectivity index (χ1n) is 3.91. The maximum atomic E-state index is 10.7. The first-order chi connectivity index (χ1) is 6.25. The zero-order valence-corrected chi connectivity index (χ0v) is 9.11. The number of carbonyl (C=O) groups is 1. The SMILES string of the molecule is Cl.NCCSc1ccccc1C(=O)O. The molecule has 5 heteroatoms. The number of carboxylic acids is 1. The molecule has 3 N–H and O–H groups in total. The van der Waals surface area contributed by atoms with Crippen molar-refractivity contribution in [2.45, 2.75) is 4.90 Å². The van der Waals surface area contributed by atoms with Gasteiger partial charge in [-0.3, -0.25) is 0 Å². The van der Waals surface area contributed by atoms with Crippen LogP contribution in [0.15, 0.2) is 29.2 Å². The fourth-order valence-electron chi connectivity index (χ4n) is 0.938. The highest BCUT2D eigenvalue weighted by Gasteiger charge is 2.07. The summed E-state index contributed by atoms with van der Waals surface area (Å²) >= 11 is 1.47. The van der Waals surface area contributed by atoms with Gasteiger partial charge in [0.25, 0.3) is 0 Å². The maximum Gasteiger partial charge on any atom is 0.336 e. The van der Waals surface area contributed by atoms with Gasteiger partial charge >= 0.3 is 5.97 Å². The third-order valence-corrected chi connectivity index (χ3v) is 2.60. The van der Waals surface area contributed by atoms with Crippen LogP contribution in [0.2, 0.25) is 0 Å². The van der Waals surface area contributed by atoms with Crippen LogP contribution in [0.1, 0.15) is 10.4 Å². The van der Waals surface area contributed by atoms with Gasteiger partial charge in [0, 0.05) is 17.2 Å². The van der Waals surface area contributed by atoms with E-state index in [1.807, 2.05) is 6.07 Å². The van der Waals surface area contributed by atoms with E-state index in [4.69, 9.17) is 10.8 Å². The van der Waals surface area contributed by atoms with E-state index in [1.54, 1.807) is 18.2 Å². The predicted octanol–water partition coefficient (Wildman–Crippen LogP) is 1.86. The van der Waals surface area contributed by atoms with E-state index in [2.05, 4.69) is 0 Å². The van der Waals surface area contributed by atoms with Gasteiger partial charge in [-0.25, -0.2) is 4.79 Å². The van der Waals surface area contributed by atoms with Crippen LogP contribution in [0.5, 0.6) is 0 Å². The molecule has 1 aromatic rings. The lowest BCUT2D eigenvalue weighted by atomic mass is 10.2. The largest absolute Gasteiger partial charge is 0.478 e. The van der Waals surface area contributed by atoms with Crippen LogP contribution in [-0.2, 0) is 0 Å². The van der Waals surface area contributed by atoms with E-state index in [1.165, 1.54) is 11.8 Å². The molecule has 3 nitrogen and oxygen atoms in total. The molecule has 0 saturated heterocycles. The maximum absolute atomic E-state index is 10.7. The smallest absolute Gasteiger partial charge is 0.336 e. The number of rotatable bonds is 4.